The van der Waals surface area contributed by atoms with Crippen molar-refractivity contribution in [2.75, 3.05) is 0 Å². The lowest BCUT2D eigenvalue weighted by Crippen LogP contribution is -2.26. The van der Waals surface area contributed by atoms with E-state index in [9.17, 15) is 9.59 Å². The van der Waals surface area contributed by atoms with Crippen LogP contribution in [0, 0.1) is 27.7 Å². The van der Waals surface area contributed by atoms with Crippen molar-refractivity contribution in [2.45, 2.75) is 40.2 Å². The van der Waals surface area contributed by atoms with Gasteiger partial charge < -0.3 is 9.30 Å². The van der Waals surface area contributed by atoms with Gasteiger partial charge in [0.1, 0.15) is 12.5 Å². The summed E-state index contributed by atoms with van der Waals surface area (Å²) in [5.74, 6) is -1.73. The molecule has 0 radical (unpaired) electrons. The maximum atomic E-state index is 13.6. The van der Waals surface area contributed by atoms with E-state index in [1.54, 1.807) is 12.1 Å². The zero-order valence-corrected chi connectivity index (χ0v) is 19.9. The smallest absolute Gasteiger partial charge is 0.321 e. The van der Waals surface area contributed by atoms with Crippen molar-refractivity contribution >= 4 is 20.9 Å². The third kappa shape index (κ3) is 5.80. The molecule has 3 rings (SSSR count). The molecule has 0 amide bonds. The Morgan fingerprint density at radius 1 is 0.806 bits per heavy atom. The van der Waals surface area contributed by atoms with Crippen LogP contribution < -0.4 is 0 Å². The Balaban J connectivity index is 0.00000166. The van der Waals surface area contributed by atoms with Crippen LogP contribution >= 0.6 is 9.12 Å². The number of ether oxygens (including phenoxy) is 1. The first-order chi connectivity index (χ1) is 14.9. The van der Waals surface area contributed by atoms with E-state index in [0.29, 0.717) is 20.2 Å². The fraction of sp³-hybridized carbons (Fsp3) is 0.231. The lowest BCUT2D eigenvalue weighted by atomic mass is 9.84. The minimum Gasteiger partial charge on any atom is -0.460 e. The fourth-order valence-corrected chi connectivity index (χ4v) is 3.66. The van der Waals surface area contributed by atoms with Crippen molar-refractivity contribution in [2.24, 2.45) is 0 Å². The number of rotatable bonds is 6. The molecule has 31 heavy (non-hydrogen) atoms. The van der Waals surface area contributed by atoms with Crippen molar-refractivity contribution in [3.05, 3.63) is 106 Å². The summed E-state index contributed by atoms with van der Waals surface area (Å²) in [6.07, 6.45) is 0. The summed E-state index contributed by atoms with van der Waals surface area (Å²) in [5, 5.41) is 0. The first kappa shape index (κ1) is 24.3. The predicted octanol–water partition coefficient (Wildman–Crippen LogP) is 5.57. The molecule has 0 aromatic heterocycles. The van der Waals surface area contributed by atoms with Gasteiger partial charge in [-0.2, -0.15) is 0 Å². The highest BCUT2D eigenvalue weighted by Crippen LogP contribution is 2.29. The van der Waals surface area contributed by atoms with Gasteiger partial charge in [-0.05, 0) is 61.1 Å². The summed E-state index contributed by atoms with van der Waals surface area (Å²) < 4.78 is 13.8. The van der Waals surface area contributed by atoms with E-state index in [2.05, 4.69) is 0 Å². The van der Waals surface area contributed by atoms with E-state index in [4.69, 9.17) is 9.30 Å². The lowest BCUT2D eigenvalue weighted by molar-refractivity contribution is -0.145. The van der Waals surface area contributed by atoms with Crippen molar-refractivity contribution in [3.8, 4) is 0 Å². The van der Waals surface area contributed by atoms with E-state index in [1.807, 2.05) is 82.3 Å². The average Bonchev–Trinajstić information content (AvgIpc) is 2.79. The van der Waals surface area contributed by atoms with E-state index in [0.717, 1.165) is 27.8 Å². The Morgan fingerprint density at radius 3 is 1.94 bits per heavy atom. The molecule has 162 valence electrons. The quantitative estimate of drug-likeness (QED) is 0.219. The predicted molar refractivity (Wildman–Crippen MR) is 127 cm³/mol. The molecule has 0 N–H and O–H groups in total. The maximum Gasteiger partial charge on any atom is 0.321 e. The molecule has 0 spiro atoms. The molecule has 0 aliphatic heterocycles. The molecule has 0 heterocycles. The van der Waals surface area contributed by atoms with E-state index < -0.39 is 11.9 Å². The normalized spacial score (nSPS) is 11.2. The molecule has 4 nitrogen and oxygen atoms in total. The van der Waals surface area contributed by atoms with Gasteiger partial charge in [-0.1, -0.05) is 66.7 Å². The Bertz CT molecular complexity index is 1050. The van der Waals surface area contributed by atoms with Crippen LogP contribution in [-0.2, 0) is 20.7 Å². The summed E-state index contributed by atoms with van der Waals surface area (Å²) >= 11 is 0. The number of hydrogen-bond acceptors (Lipinski definition) is 4. The molecule has 0 bridgehead atoms. The number of benzene rings is 3. The van der Waals surface area contributed by atoms with Crippen molar-refractivity contribution in [1.29, 1.82) is 0 Å². The van der Waals surface area contributed by atoms with Gasteiger partial charge in [-0.25, -0.2) is 0 Å². The number of hydrogen-bond donors (Lipinski definition) is 0. The number of carbonyl (C=O) groups is 2. The second-order valence-electron chi connectivity index (χ2n) is 7.44. The van der Waals surface area contributed by atoms with Crippen molar-refractivity contribution in [1.82, 2.24) is 0 Å². The summed E-state index contributed by atoms with van der Waals surface area (Å²) in [6, 6.07) is 20.6. The number of carbonyl (C=O) groups excluding carboxylic acids is 2. The maximum absolute atomic E-state index is 13.6. The van der Waals surface area contributed by atoms with Gasteiger partial charge in [0.25, 0.3) is 0 Å². The number of Topliss-reactive ketones (excluding diaryl/α,β-unsaturated/α-hetero) is 1. The monoisotopic (exact) mass is 436 g/mol. The summed E-state index contributed by atoms with van der Waals surface area (Å²) in [5.41, 5.74) is 6.16. The SMILES string of the molecule is Cc1cc(C)c(C(=O)C(C(=O)OCc2ccccc2)c2ccccc2)c(C)c1C.O=[PH3]. The van der Waals surface area contributed by atoms with Gasteiger partial charge in [0.2, 0.25) is 0 Å². The molecule has 0 saturated carbocycles. The number of aryl methyl sites for hydroxylation is 2. The first-order valence-corrected chi connectivity index (χ1v) is 10.6. The molecule has 3 aromatic rings. The van der Waals surface area contributed by atoms with Crippen LogP contribution in [0.2, 0.25) is 0 Å². The highest BCUT2D eigenvalue weighted by Gasteiger charge is 2.33. The van der Waals surface area contributed by atoms with E-state index in [1.165, 1.54) is 0 Å². The molecule has 0 aliphatic rings. The van der Waals surface area contributed by atoms with E-state index >= 15 is 0 Å². The topological polar surface area (TPSA) is 60.4 Å². The largest absolute Gasteiger partial charge is 0.460 e. The van der Waals surface area contributed by atoms with Crippen LogP contribution in [0.3, 0.4) is 0 Å². The number of esters is 1. The van der Waals surface area contributed by atoms with Gasteiger partial charge >= 0.3 is 5.97 Å². The lowest BCUT2D eigenvalue weighted by Gasteiger charge is -2.20. The van der Waals surface area contributed by atoms with Crippen LogP contribution in [0.1, 0.15) is 49.7 Å². The third-order valence-electron chi connectivity index (χ3n) is 5.46. The second kappa shape index (κ2) is 11.4. The minimum absolute atomic E-state index is 0.140. The molecule has 5 heteroatoms. The van der Waals surface area contributed by atoms with Gasteiger partial charge in [-0.15, -0.1) is 0 Å². The Kier molecular flexibility index (Phi) is 8.96. The summed E-state index contributed by atoms with van der Waals surface area (Å²) in [6.45, 7) is 8.05. The van der Waals surface area contributed by atoms with Crippen molar-refractivity contribution < 1.29 is 18.9 Å². The third-order valence-corrected chi connectivity index (χ3v) is 5.46. The van der Waals surface area contributed by atoms with Crippen LogP contribution in [0.15, 0.2) is 66.7 Å². The highest BCUT2D eigenvalue weighted by atomic mass is 31.0. The molecule has 2 unspecified atom stereocenters. The van der Waals surface area contributed by atoms with Gasteiger partial charge in [-0.3, -0.25) is 9.59 Å². The second-order valence-corrected chi connectivity index (χ2v) is 7.44. The van der Waals surface area contributed by atoms with Crippen LogP contribution in [0.5, 0.6) is 0 Å². The van der Waals surface area contributed by atoms with Crippen LogP contribution in [-0.4, -0.2) is 11.8 Å². The summed E-state index contributed by atoms with van der Waals surface area (Å²) in [4.78, 5) is 26.7. The van der Waals surface area contributed by atoms with E-state index in [-0.39, 0.29) is 12.4 Å². The van der Waals surface area contributed by atoms with Gasteiger partial charge in [0.05, 0.1) is 9.12 Å². The standard InChI is InChI=1S/C26H26O3.H3OP/c1-17-15-18(2)23(20(4)19(17)3)25(27)24(22-13-9-6-10-14-22)26(28)29-16-21-11-7-5-8-12-21;1-2/h5-15,24H,16H2,1-4H3;2H3. The molecule has 0 fully saturated rings. The Morgan fingerprint density at radius 2 is 1.35 bits per heavy atom. The zero-order chi connectivity index (χ0) is 23.0. The number of ketones is 1. The molecule has 3 aromatic carbocycles. The summed E-state index contributed by atoms with van der Waals surface area (Å²) in [7, 11) is 0.611. The van der Waals surface area contributed by atoms with Gasteiger partial charge in [0.15, 0.2) is 5.78 Å². The molecule has 0 aliphatic carbocycles. The minimum atomic E-state index is -0.987. The molecule has 0 saturated heterocycles. The zero-order valence-electron chi connectivity index (χ0n) is 18.5. The average molecular weight is 436 g/mol. The van der Waals surface area contributed by atoms with Gasteiger partial charge in [0, 0.05) is 5.56 Å². The molecular weight excluding hydrogens is 407 g/mol. The highest BCUT2D eigenvalue weighted by molar-refractivity contribution is 7.00. The molecule has 2 atom stereocenters. The van der Waals surface area contributed by atoms with Crippen molar-refractivity contribution in [3.63, 3.8) is 0 Å². The molecular formula is C26H29O4P. The van der Waals surface area contributed by atoms with Crippen LogP contribution in [0.25, 0.3) is 0 Å². The van der Waals surface area contributed by atoms with Crippen LogP contribution in [0.4, 0.5) is 0 Å². The first-order valence-electron chi connectivity index (χ1n) is 10.1. The fourth-order valence-electron chi connectivity index (χ4n) is 3.66. The Hall–Kier alpha value is -2.97. The Labute approximate surface area is 185 Å².